The van der Waals surface area contributed by atoms with Crippen molar-refractivity contribution in [3.63, 3.8) is 0 Å². The highest BCUT2D eigenvalue weighted by Gasteiger charge is 2.60. The van der Waals surface area contributed by atoms with E-state index in [9.17, 15) is 28.8 Å². The van der Waals surface area contributed by atoms with Gasteiger partial charge in [0.2, 0.25) is 5.91 Å². The van der Waals surface area contributed by atoms with E-state index in [-0.39, 0.29) is 5.75 Å². The minimum Gasteiger partial charge on any atom is -0.464 e. The summed E-state index contributed by atoms with van der Waals surface area (Å²) >= 11 is 4.83. The Morgan fingerprint density at radius 1 is 0.980 bits per heavy atom. The molecule has 1 fully saturated rings. The second-order valence-electron chi connectivity index (χ2n) is 11.2. The molecule has 4 rings (SSSR count). The van der Waals surface area contributed by atoms with Crippen molar-refractivity contribution in [3.05, 3.63) is 46.9 Å². The van der Waals surface area contributed by atoms with Crippen molar-refractivity contribution in [1.82, 2.24) is 10.3 Å². The first-order chi connectivity index (χ1) is 23.6. The van der Waals surface area contributed by atoms with Crippen LogP contribution in [0.4, 0.5) is 0 Å². The lowest BCUT2D eigenvalue weighted by atomic mass is 9.88. The van der Waals surface area contributed by atoms with Crippen LogP contribution >= 0.6 is 27.3 Å². The predicted octanol–water partition coefficient (Wildman–Crippen LogP) is 3.63. The fourth-order valence-electron chi connectivity index (χ4n) is 5.43. The van der Waals surface area contributed by atoms with Crippen LogP contribution in [0.1, 0.15) is 41.0 Å². The summed E-state index contributed by atoms with van der Waals surface area (Å²) in [7, 11) is 1.08. The zero-order valence-corrected chi connectivity index (χ0v) is 30.3. The number of carbonyl (C=O) groups excluding carboxylic acids is 6. The molecule has 1 aliphatic rings. The Morgan fingerprint density at radius 2 is 1.68 bits per heavy atom. The molecule has 2 heterocycles. The Balaban J connectivity index is 1.93. The summed E-state index contributed by atoms with van der Waals surface area (Å²) in [6.45, 7) is 4.89. The van der Waals surface area contributed by atoms with Gasteiger partial charge in [0, 0.05) is 39.1 Å². The second kappa shape index (κ2) is 16.4. The first kappa shape index (κ1) is 38.2. The molecule has 50 heavy (non-hydrogen) atoms. The van der Waals surface area contributed by atoms with Gasteiger partial charge >= 0.3 is 35.6 Å². The number of nitrogens with zero attached hydrogens (tertiary/aromatic N) is 1. The number of amides is 1. The Labute approximate surface area is 299 Å². The molecule has 6 atom stereocenters. The smallest absolute Gasteiger partial charge is 0.379 e. The molecule has 1 N–H and O–H groups in total. The van der Waals surface area contributed by atoms with E-state index in [4.69, 9.17) is 38.1 Å². The SMILES string of the molecule is COC(=O)[C@]1(Oc2ccc(Br)cc2-c2nc3ccccc3s2)C[C@H](OC(C)=O)[C@@H](NC(C)=O)[C@H]([C@@H](OC(C)=O)[C@@H](COC(C)=O)OC(C)=O)O1. The van der Waals surface area contributed by atoms with Gasteiger partial charge in [-0.3, -0.25) is 24.0 Å². The Bertz CT molecular complexity index is 1750. The van der Waals surface area contributed by atoms with Crippen LogP contribution in [0.3, 0.4) is 0 Å². The minimum absolute atomic E-state index is 0.0939. The summed E-state index contributed by atoms with van der Waals surface area (Å²) in [6.07, 6.45) is -6.82. The summed E-state index contributed by atoms with van der Waals surface area (Å²) in [5, 5.41) is 3.15. The van der Waals surface area contributed by atoms with Gasteiger partial charge in [-0.1, -0.05) is 28.1 Å². The van der Waals surface area contributed by atoms with Crippen LogP contribution in [0, 0.1) is 0 Å². The molecule has 0 unspecified atom stereocenters. The number of hydrogen-bond donors (Lipinski definition) is 1. The van der Waals surface area contributed by atoms with Crippen LogP contribution in [0.25, 0.3) is 20.8 Å². The van der Waals surface area contributed by atoms with Gasteiger partial charge in [0.05, 0.1) is 35.4 Å². The van der Waals surface area contributed by atoms with Crippen LogP contribution in [0.15, 0.2) is 46.9 Å². The van der Waals surface area contributed by atoms with E-state index in [0.717, 1.165) is 45.0 Å². The van der Waals surface area contributed by atoms with E-state index < -0.39 is 85.0 Å². The molecule has 2 aromatic carbocycles. The van der Waals surface area contributed by atoms with E-state index in [1.807, 2.05) is 24.3 Å². The molecule has 0 saturated carbocycles. The Hall–Kier alpha value is -4.61. The van der Waals surface area contributed by atoms with Gasteiger partial charge in [-0.2, -0.15) is 0 Å². The lowest BCUT2D eigenvalue weighted by Gasteiger charge is -2.48. The molecular formula is C33H35BrN2O13S. The van der Waals surface area contributed by atoms with Crippen LogP contribution in [-0.4, -0.2) is 90.7 Å². The molecular weight excluding hydrogens is 744 g/mol. The number of benzene rings is 2. The topological polar surface area (TPSA) is 192 Å². The number of ether oxygens (including phenoxy) is 7. The average molecular weight is 780 g/mol. The number of esters is 5. The highest BCUT2D eigenvalue weighted by molar-refractivity contribution is 9.10. The van der Waals surface area contributed by atoms with Crippen molar-refractivity contribution in [2.75, 3.05) is 13.7 Å². The minimum atomic E-state index is -2.45. The monoisotopic (exact) mass is 778 g/mol. The molecule has 0 radical (unpaired) electrons. The number of methoxy groups -OCH3 is 1. The molecule has 1 saturated heterocycles. The second-order valence-corrected chi connectivity index (χ2v) is 13.1. The third-order valence-corrected chi connectivity index (χ3v) is 8.80. The average Bonchev–Trinajstić information content (AvgIpc) is 3.47. The fourth-order valence-corrected chi connectivity index (χ4v) is 6.77. The Morgan fingerprint density at radius 3 is 2.28 bits per heavy atom. The summed E-state index contributed by atoms with van der Waals surface area (Å²) < 4.78 is 41.4. The summed E-state index contributed by atoms with van der Waals surface area (Å²) in [4.78, 5) is 80.2. The summed E-state index contributed by atoms with van der Waals surface area (Å²) in [6, 6.07) is 11.0. The molecule has 1 amide bonds. The molecule has 268 valence electrons. The molecule has 0 aliphatic carbocycles. The number of hydrogen-bond acceptors (Lipinski definition) is 15. The number of fused-ring (bicyclic) bond motifs is 1. The van der Waals surface area contributed by atoms with Crippen LogP contribution in [0.5, 0.6) is 5.75 Å². The van der Waals surface area contributed by atoms with E-state index in [1.165, 1.54) is 18.3 Å². The third-order valence-electron chi connectivity index (χ3n) is 7.24. The molecule has 1 aliphatic heterocycles. The van der Waals surface area contributed by atoms with Gasteiger partial charge in [0.15, 0.2) is 12.2 Å². The number of nitrogens with one attached hydrogen (secondary N) is 1. The molecule has 0 spiro atoms. The number of para-hydroxylation sites is 1. The highest BCUT2D eigenvalue weighted by atomic mass is 79.9. The third kappa shape index (κ3) is 9.34. The largest absolute Gasteiger partial charge is 0.464 e. The van der Waals surface area contributed by atoms with E-state index in [2.05, 4.69) is 21.2 Å². The zero-order chi connectivity index (χ0) is 36.7. The quantitative estimate of drug-likeness (QED) is 0.207. The number of carbonyl (C=O) groups is 6. The van der Waals surface area contributed by atoms with Crippen LogP contribution in [-0.2, 0) is 57.2 Å². The van der Waals surface area contributed by atoms with E-state index in [1.54, 1.807) is 18.2 Å². The summed E-state index contributed by atoms with van der Waals surface area (Å²) in [5.41, 5.74) is 1.16. The first-order valence-electron chi connectivity index (χ1n) is 15.1. The van der Waals surface area contributed by atoms with E-state index in [0.29, 0.717) is 15.0 Å². The highest BCUT2D eigenvalue weighted by Crippen LogP contribution is 2.43. The maximum atomic E-state index is 13.9. The van der Waals surface area contributed by atoms with Gasteiger partial charge in [-0.15, -0.1) is 11.3 Å². The van der Waals surface area contributed by atoms with Crippen LogP contribution in [0.2, 0.25) is 0 Å². The van der Waals surface area contributed by atoms with Crippen molar-refractivity contribution in [3.8, 4) is 16.3 Å². The first-order valence-corrected chi connectivity index (χ1v) is 16.8. The molecule has 3 aromatic rings. The van der Waals surface area contributed by atoms with E-state index >= 15 is 0 Å². The number of rotatable bonds is 12. The predicted molar refractivity (Wildman–Crippen MR) is 179 cm³/mol. The number of thiazole rings is 1. The van der Waals surface area contributed by atoms with Crippen molar-refractivity contribution in [2.45, 2.75) is 77.3 Å². The molecule has 17 heteroatoms. The molecule has 0 bridgehead atoms. The lowest BCUT2D eigenvalue weighted by Crippen LogP contribution is -2.70. The normalized spacial score (nSPS) is 21.2. The standard InChI is InChI=1S/C33H35BrN2O13S/c1-16(37)35-28-25(45-18(3)39)14-33(32(42)43-6,49-30(28)29(47-20(5)41)26(46-19(4)40)15-44-17(2)38)48-24-12-11-21(34)13-22(24)31-36-23-9-7-8-10-27(23)50-31/h7-13,25-26,28-30H,14-15H2,1-6H3,(H,35,37)/t25-,26+,28+,29-,30+,33-/m0/s1. The van der Waals surface area contributed by atoms with Gasteiger partial charge in [0.1, 0.15) is 29.6 Å². The number of aromatic nitrogens is 1. The van der Waals surface area contributed by atoms with Gasteiger partial charge in [0.25, 0.3) is 0 Å². The van der Waals surface area contributed by atoms with Crippen molar-refractivity contribution < 1.29 is 61.9 Å². The van der Waals surface area contributed by atoms with Gasteiger partial charge in [-0.05, 0) is 30.3 Å². The van der Waals surface area contributed by atoms with Crippen LogP contribution < -0.4 is 10.1 Å². The Kier molecular flexibility index (Phi) is 12.5. The van der Waals surface area contributed by atoms with Gasteiger partial charge < -0.3 is 38.5 Å². The molecule has 15 nitrogen and oxygen atoms in total. The summed E-state index contributed by atoms with van der Waals surface area (Å²) in [5.74, 6) is -7.38. The van der Waals surface area contributed by atoms with Gasteiger partial charge in [-0.25, -0.2) is 9.78 Å². The maximum absolute atomic E-state index is 13.9. The van der Waals surface area contributed by atoms with Crippen molar-refractivity contribution >= 4 is 73.2 Å². The van der Waals surface area contributed by atoms with Crippen molar-refractivity contribution in [2.24, 2.45) is 0 Å². The number of halogens is 1. The lowest BCUT2D eigenvalue weighted by molar-refractivity contribution is -0.289. The van der Waals surface area contributed by atoms with Crippen molar-refractivity contribution in [1.29, 1.82) is 0 Å². The zero-order valence-electron chi connectivity index (χ0n) is 27.9. The molecule has 1 aromatic heterocycles. The maximum Gasteiger partial charge on any atom is 0.379 e. The fraction of sp³-hybridized carbons (Fsp3) is 0.424.